The topological polar surface area (TPSA) is 66.4 Å². The summed E-state index contributed by atoms with van der Waals surface area (Å²) in [7, 11) is 0. The van der Waals surface area contributed by atoms with Gasteiger partial charge in [-0.15, -0.1) is 0 Å². The van der Waals surface area contributed by atoms with Crippen molar-refractivity contribution in [3.05, 3.63) is 0 Å². The maximum atomic E-state index is 12.2. The minimum absolute atomic E-state index is 0.0416. The van der Waals surface area contributed by atoms with E-state index in [4.69, 9.17) is 0 Å². The summed E-state index contributed by atoms with van der Waals surface area (Å²) >= 11 is 0. The van der Waals surface area contributed by atoms with Gasteiger partial charge in [0.15, 0.2) is 0 Å². The Bertz CT molecular complexity index is 354. The van der Waals surface area contributed by atoms with Gasteiger partial charge >= 0.3 is 5.97 Å². The van der Waals surface area contributed by atoms with E-state index in [1.807, 2.05) is 6.92 Å². The van der Waals surface area contributed by atoms with Crippen LogP contribution in [0.5, 0.6) is 0 Å². The Morgan fingerprint density at radius 2 is 1.84 bits per heavy atom. The fourth-order valence-corrected chi connectivity index (χ4v) is 3.13. The summed E-state index contributed by atoms with van der Waals surface area (Å²) in [4.78, 5) is 23.8. The van der Waals surface area contributed by atoms with Crippen LogP contribution in [0, 0.1) is 17.8 Å². The molecular weight excluding hydrogens is 242 g/mol. The summed E-state index contributed by atoms with van der Waals surface area (Å²) in [5.41, 5.74) is -1.01. The van der Waals surface area contributed by atoms with Gasteiger partial charge in [-0.05, 0) is 50.4 Å². The average molecular weight is 267 g/mol. The summed E-state index contributed by atoms with van der Waals surface area (Å²) in [6.45, 7) is 4.06. The van der Waals surface area contributed by atoms with Gasteiger partial charge in [0.1, 0.15) is 5.54 Å². The lowest BCUT2D eigenvalue weighted by molar-refractivity contribution is -0.150. The van der Waals surface area contributed by atoms with E-state index < -0.39 is 11.5 Å². The Morgan fingerprint density at radius 3 is 2.26 bits per heavy atom. The minimum atomic E-state index is -1.01. The van der Waals surface area contributed by atoms with Crippen molar-refractivity contribution >= 4 is 11.9 Å². The predicted molar refractivity (Wildman–Crippen MR) is 72.6 cm³/mol. The molecule has 108 valence electrons. The lowest BCUT2D eigenvalue weighted by Gasteiger charge is -2.37. The number of carboxylic acid groups (broad SMARTS) is 1. The number of rotatable bonds is 5. The summed E-state index contributed by atoms with van der Waals surface area (Å²) < 4.78 is 0. The molecule has 0 spiro atoms. The highest BCUT2D eigenvalue weighted by molar-refractivity contribution is 5.88. The molecule has 1 amide bonds. The van der Waals surface area contributed by atoms with Gasteiger partial charge in [0.05, 0.1) is 0 Å². The monoisotopic (exact) mass is 267 g/mol. The number of carbonyl (C=O) groups excluding carboxylic acids is 1. The normalized spacial score (nSPS) is 32.6. The maximum Gasteiger partial charge on any atom is 0.329 e. The van der Waals surface area contributed by atoms with Crippen molar-refractivity contribution in [2.24, 2.45) is 17.8 Å². The van der Waals surface area contributed by atoms with Crippen LogP contribution in [0.15, 0.2) is 0 Å². The Hall–Kier alpha value is -1.06. The largest absolute Gasteiger partial charge is 0.480 e. The Morgan fingerprint density at radius 1 is 1.26 bits per heavy atom. The standard InChI is InChI=1S/C15H25NO3/c1-3-11-6-8-15(9-7-11,14(18)19)16-13(17)10(2)12-4-5-12/h10-12H,3-9H2,1-2H3,(H,16,17)(H,18,19). The van der Waals surface area contributed by atoms with Crippen LogP contribution in [0.1, 0.15) is 58.8 Å². The third-order valence-corrected chi connectivity index (χ3v) is 5.05. The molecule has 0 aliphatic heterocycles. The fourth-order valence-electron chi connectivity index (χ4n) is 3.13. The molecule has 4 nitrogen and oxygen atoms in total. The molecule has 4 heteroatoms. The van der Waals surface area contributed by atoms with E-state index >= 15 is 0 Å². The van der Waals surface area contributed by atoms with Crippen molar-refractivity contribution in [3.63, 3.8) is 0 Å². The highest BCUT2D eigenvalue weighted by Gasteiger charge is 2.44. The third kappa shape index (κ3) is 3.10. The minimum Gasteiger partial charge on any atom is -0.480 e. The number of amides is 1. The van der Waals surface area contributed by atoms with Crippen LogP contribution in [0.25, 0.3) is 0 Å². The van der Waals surface area contributed by atoms with Crippen LogP contribution < -0.4 is 5.32 Å². The van der Waals surface area contributed by atoms with Crippen LogP contribution in [0.3, 0.4) is 0 Å². The molecule has 1 unspecified atom stereocenters. The van der Waals surface area contributed by atoms with Crippen molar-refractivity contribution in [2.75, 3.05) is 0 Å². The van der Waals surface area contributed by atoms with Crippen LogP contribution in [-0.2, 0) is 9.59 Å². The van der Waals surface area contributed by atoms with E-state index in [2.05, 4.69) is 12.2 Å². The van der Waals surface area contributed by atoms with E-state index in [1.165, 1.54) is 0 Å². The van der Waals surface area contributed by atoms with Gasteiger partial charge < -0.3 is 10.4 Å². The lowest BCUT2D eigenvalue weighted by atomic mass is 9.75. The zero-order valence-electron chi connectivity index (χ0n) is 11.9. The number of carbonyl (C=O) groups is 2. The lowest BCUT2D eigenvalue weighted by Crippen LogP contribution is -2.57. The zero-order chi connectivity index (χ0) is 14.0. The molecule has 0 aromatic carbocycles. The summed E-state index contributed by atoms with van der Waals surface area (Å²) in [5.74, 6) is 0.112. The first-order valence-corrected chi connectivity index (χ1v) is 7.54. The Kier molecular flexibility index (Phi) is 4.16. The summed E-state index contributed by atoms with van der Waals surface area (Å²) in [5, 5.41) is 12.4. The van der Waals surface area contributed by atoms with Crippen LogP contribution >= 0.6 is 0 Å². The molecule has 0 heterocycles. The highest BCUT2D eigenvalue weighted by Crippen LogP contribution is 2.38. The molecule has 2 rings (SSSR count). The molecule has 0 radical (unpaired) electrons. The van der Waals surface area contributed by atoms with Crippen LogP contribution in [0.4, 0.5) is 0 Å². The summed E-state index contributed by atoms with van der Waals surface area (Å²) in [6.07, 6.45) is 6.26. The number of carboxylic acids is 1. The van der Waals surface area contributed by atoms with E-state index in [0.29, 0.717) is 24.7 Å². The SMILES string of the molecule is CCC1CCC(NC(=O)C(C)C2CC2)(C(=O)O)CC1. The van der Waals surface area contributed by atoms with Crippen LogP contribution in [-0.4, -0.2) is 22.5 Å². The third-order valence-electron chi connectivity index (χ3n) is 5.05. The molecule has 2 aliphatic carbocycles. The molecule has 19 heavy (non-hydrogen) atoms. The van der Waals surface area contributed by atoms with Gasteiger partial charge in [0.2, 0.25) is 5.91 Å². The fraction of sp³-hybridized carbons (Fsp3) is 0.867. The molecule has 2 aliphatic rings. The van der Waals surface area contributed by atoms with Gasteiger partial charge in [-0.2, -0.15) is 0 Å². The molecule has 0 aromatic rings. The zero-order valence-corrected chi connectivity index (χ0v) is 11.9. The van der Waals surface area contributed by atoms with Crippen molar-refractivity contribution < 1.29 is 14.7 Å². The molecule has 1 atom stereocenters. The van der Waals surface area contributed by atoms with Gasteiger partial charge in [-0.25, -0.2) is 4.79 Å². The van der Waals surface area contributed by atoms with E-state index in [-0.39, 0.29) is 11.8 Å². The van der Waals surface area contributed by atoms with Crippen molar-refractivity contribution in [3.8, 4) is 0 Å². The number of nitrogens with one attached hydrogen (secondary N) is 1. The van der Waals surface area contributed by atoms with E-state index in [9.17, 15) is 14.7 Å². The molecular formula is C15H25NO3. The van der Waals surface area contributed by atoms with E-state index in [0.717, 1.165) is 32.1 Å². The first-order chi connectivity index (χ1) is 8.98. The van der Waals surface area contributed by atoms with Crippen LogP contribution in [0.2, 0.25) is 0 Å². The quantitative estimate of drug-likeness (QED) is 0.804. The molecule has 0 saturated heterocycles. The van der Waals surface area contributed by atoms with Gasteiger partial charge in [0, 0.05) is 5.92 Å². The van der Waals surface area contributed by atoms with Crippen molar-refractivity contribution in [2.45, 2.75) is 64.3 Å². The Balaban J connectivity index is 1.99. The summed E-state index contributed by atoms with van der Waals surface area (Å²) in [6, 6.07) is 0. The van der Waals surface area contributed by atoms with E-state index in [1.54, 1.807) is 0 Å². The highest BCUT2D eigenvalue weighted by atomic mass is 16.4. The Labute approximate surface area is 115 Å². The average Bonchev–Trinajstić information content (AvgIpc) is 3.22. The molecule has 0 bridgehead atoms. The maximum absolute atomic E-state index is 12.2. The van der Waals surface area contributed by atoms with Crippen molar-refractivity contribution in [1.29, 1.82) is 0 Å². The molecule has 2 fully saturated rings. The van der Waals surface area contributed by atoms with Gasteiger partial charge in [0.25, 0.3) is 0 Å². The van der Waals surface area contributed by atoms with Gasteiger partial charge in [-0.3, -0.25) is 4.79 Å². The predicted octanol–water partition coefficient (Wildman–Crippen LogP) is 2.57. The number of aliphatic carboxylic acids is 1. The first kappa shape index (κ1) is 14.4. The smallest absolute Gasteiger partial charge is 0.329 e. The molecule has 2 N–H and O–H groups in total. The molecule has 2 saturated carbocycles. The number of hydrogen-bond acceptors (Lipinski definition) is 2. The second-order valence-electron chi connectivity index (χ2n) is 6.35. The van der Waals surface area contributed by atoms with Gasteiger partial charge in [-0.1, -0.05) is 20.3 Å². The second-order valence-corrected chi connectivity index (χ2v) is 6.35. The first-order valence-electron chi connectivity index (χ1n) is 7.54. The second kappa shape index (κ2) is 5.51. The van der Waals surface area contributed by atoms with Crippen molar-refractivity contribution in [1.82, 2.24) is 5.32 Å². The number of hydrogen-bond donors (Lipinski definition) is 2. The molecule has 0 aromatic heterocycles.